The molecule has 86 valence electrons. The van der Waals surface area contributed by atoms with Crippen LogP contribution in [0.1, 0.15) is 39.0 Å². The zero-order valence-corrected chi connectivity index (χ0v) is 10.2. The summed E-state index contributed by atoms with van der Waals surface area (Å²) >= 11 is 4.16. The highest BCUT2D eigenvalue weighted by Crippen LogP contribution is 2.00. The van der Waals surface area contributed by atoms with Crippen molar-refractivity contribution in [2.75, 3.05) is 32.2 Å². The molecule has 0 saturated carbocycles. The van der Waals surface area contributed by atoms with Crippen LogP contribution in [-0.2, 0) is 9.47 Å². The minimum absolute atomic E-state index is 0.741. The molecule has 0 aromatic heterocycles. The van der Waals surface area contributed by atoms with Crippen LogP contribution in [0.5, 0.6) is 0 Å². The zero-order chi connectivity index (χ0) is 10.5. The first-order chi connectivity index (χ1) is 6.91. The number of hydrogen-bond acceptors (Lipinski definition) is 3. The predicted octanol–water partition coefficient (Wildman–Crippen LogP) is 2.92. The second kappa shape index (κ2) is 13.3. The molecular weight excluding hydrogens is 196 g/mol. The van der Waals surface area contributed by atoms with Gasteiger partial charge in [-0.2, -0.15) is 12.6 Å². The Labute approximate surface area is 93.8 Å². The minimum atomic E-state index is 0.741. The molecule has 0 aromatic carbocycles. The molecule has 0 aliphatic rings. The van der Waals surface area contributed by atoms with Crippen molar-refractivity contribution in [2.45, 2.75) is 39.0 Å². The van der Waals surface area contributed by atoms with Crippen molar-refractivity contribution >= 4 is 12.6 Å². The van der Waals surface area contributed by atoms with Crippen molar-refractivity contribution in [1.29, 1.82) is 0 Å². The van der Waals surface area contributed by atoms with Gasteiger partial charge in [-0.3, -0.25) is 0 Å². The Hall–Kier alpha value is 0.270. The normalized spacial score (nSPS) is 10.7. The minimum Gasteiger partial charge on any atom is -0.379 e. The molecule has 0 unspecified atom stereocenters. The van der Waals surface area contributed by atoms with Gasteiger partial charge >= 0.3 is 0 Å². The maximum atomic E-state index is 5.42. The van der Waals surface area contributed by atoms with Crippen molar-refractivity contribution in [3.63, 3.8) is 0 Å². The van der Waals surface area contributed by atoms with Crippen LogP contribution in [0, 0.1) is 0 Å². The standard InChI is InChI=1S/C11H24O2S/c1-2-7-12-9-10-13-8-5-3-4-6-11-14/h14H,2-11H2,1H3. The van der Waals surface area contributed by atoms with Gasteiger partial charge in [0.05, 0.1) is 13.2 Å². The summed E-state index contributed by atoms with van der Waals surface area (Å²) in [6.07, 6.45) is 6.02. The molecule has 0 aliphatic carbocycles. The first-order valence-electron chi connectivity index (χ1n) is 5.68. The first kappa shape index (κ1) is 14.3. The van der Waals surface area contributed by atoms with E-state index in [1.54, 1.807) is 0 Å². The molecule has 14 heavy (non-hydrogen) atoms. The van der Waals surface area contributed by atoms with E-state index in [1.165, 1.54) is 25.7 Å². The second-order valence-electron chi connectivity index (χ2n) is 3.36. The van der Waals surface area contributed by atoms with Crippen LogP contribution in [0.3, 0.4) is 0 Å². The van der Waals surface area contributed by atoms with Crippen LogP contribution in [0.15, 0.2) is 0 Å². The summed E-state index contributed by atoms with van der Waals surface area (Å²) < 4.78 is 10.7. The third-order valence-corrected chi connectivity index (χ3v) is 2.23. The van der Waals surface area contributed by atoms with Crippen LogP contribution in [-0.4, -0.2) is 32.2 Å². The Balaban J connectivity index is 2.78. The summed E-state index contributed by atoms with van der Waals surface area (Å²) in [6.45, 7) is 5.33. The lowest BCUT2D eigenvalue weighted by atomic mass is 10.2. The third kappa shape index (κ3) is 12.3. The van der Waals surface area contributed by atoms with Crippen LogP contribution in [0.25, 0.3) is 0 Å². The van der Waals surface area contributed by atoms with Gasteiger partial charge in [0.25, 0.3) is 0 Å². The highest BCUT2D eigenvalue weighted by atomic mass is 32.1. The molecule has 0 aliphatic heterocycles. The van der Waals surface area contributed by atoms with E-state index in [-0.39, 0.29) is 0 Å². The average Bonchev–Trinajstić information content (AvgIpc) is 2.21. The maximum absolute atomic E-state index is 5.42. The quantitative estimate of drug-likeness (QED) is 0.426. The topological polar surface area (TPSA) is 18.5 Å². The van der Waals surface area contributed by atoms with Crippen LogP contribution < -0.4 is 0 Å². The van der Waals surface area contributed by atoms with E-state index in [0.29, 0.717) is 0 Å². The lowest BCUT2D eigenvalue weighted by Gasteiger charge is -2.04. The van der Waals surface area contributed by atoms with Crippen molar-refractivity contribution in [2.24, 2.45) is 0 Å². The van der Waals surface area contributed by atoms with Crippen molar-refractivity contribution in [3.8, 4) is 0 Å². The molecule has 0 radical (unpaired) electrons. The molecule has 0 heterocycles. The Morgan fingerprint density at radius 1 is 0.786 bits per heavy atom. The highest BCUT2D eigenvalue weighted by molar-refractivity contribution is 7.80. The number of rotatable bonds is 11. The molecule has 0 atom stereocenters. The van der Waals surface area contributed by atoms with Gasteiger partial charge in [-0.25, -0.2) is 0 Å². The molecule has 0 fully saturated rings. The van der Waals surface area contributed by atoms with Crippen molar-refractivity contribution in [3.05, 3.63) is 0 Å². The molecule has 2 nitrogen and oxygen atoms in total. The summed E-state index contributed by atoms with van der Waals surface area (Å²) in [5.74, 6) is 1.01. The van der Waals surface area contributed by atoms with Gasteiger partial charge in [-0.1, -0.05) is 19.8 Å². The Kier molecular flexibility index (Phi) is 13.5. The molecule has 0 N–H and O–H groups in total. The first-order valence-corrected chi connectivity index (χ1v) is 6.31. The van der Waals surface area contributed by atoms with E-state index in [4.69, 9.17) is 9.47 Å². The van der Waals surface area contributed by atoms with Crippen molar-refractivity contribution in [1.82, 2.24) is 0 Å². The van der Waals surface area contributed by atoms with E-state index in [9.17, 15) is 0 Å². The van der Waals surface area contributed by atoms with Crippen LogP contribution in [0.4, 0.5) is 0 Å². The van der Waals surface area contributed by atoms with Crippen LogP contribution in [0.2, 0.25) is 0 Å². The van der Waals surface area contributed by atoms with Gasteiger partial charge < -0.3 is 9.47 Å². The fourth-order valence-electron chi connectivity index (χ4n) is 1.14. The summed E-state index contributed by atoms with van der Waals surface area (Å²) in [5.41, 5.74) is 0. The third-order valence-electron chi connectivity index (χ3n) is 1.92. The van der Waals surface area contributed by atoms with Gasteiger partial charge in [0.15, 0.2) is 0 Å². The SMILES string of the molecule is CCCOCCOCCCCCCS. The lowest BCUT2D eigenvalue weighted by molar-refractivity contribution is 0.0465. The molecular formula is C11H24O2S. The maximum Gasteiger partial charge on any atom is 0.0700 e. The fourth-order valence-corrected chi connectivity index (χ4v) is 1.36. The van der Waals surface area contributed by atoms with Gasteiger partial charge in [0.1, 0.15) is 0 Å². The Morgan fingerprint density at radius 3 is 2.07 bits per heavy atom. The Morgan fingerprint density at radius 2 is 1.43 bits per heavy atom. The lowest BCUT2D eigenvalue weighted by Crippen LogP contribution is -2.05. The summed E-state index contributed by atoms with van der Waals surface area (Å²) in [7, 11) is 0. The van der Waals surface area contributed by atoms with Crippen molar-refractivity contribution < 1.29 is 9.47 Å². The summed E-state index contributed by atoms with van der Waals surface area (Å²) in [6, 6.07) is 0. The number of ether oxygens (including phenoxy) is 2. The van der Waals surface area contributed by atoms with Gasteiger partial charge in [-0.15, -0.1) is 0 Å². The summed E-state index contributed by atoms with van der Waals surface area (Å²) in [4.78, 5) is 0. The van der Waals surface area contributed by atoms with E-state index < -0.39 is 0 Å². The zero-order valence-electron chi connectivity index (χ0n) is 9.33. The molecule has 0 bridgehead atoms. The van der Waals surface area contributed by atoms with E-state index in [0.717, 1.165) is 38.6 Å². The second-order valence-corrected chi connectivity index (χ2v) is 3.81. The van der Waals surface area contributed by atoms with Gasteiger partial charge in [-0.05, 0) is 25.0 Å². The molecule has 0 rings (SSSR count). The monoisotopic (exact) mass is 220 g/mol. The van der Waals surface area contributed by atoms with Gasteiger partial charge in [0, 0.05) is 13.2 Å². The number of unbranched alkanes of at least 4 members (excludes halogenated alkanes) is 3. The van der Waals surface area contributed by atoms with E-state index in [2.05, 4.69) is 19.6 Å². The van der Waals surface area contributed by atoms with E-state index in [1.807, 2.05) is 0 Å². The molecule has 0 aromatic rings. The molecule has 0 spiro atoms. The number of thiol groups is 1. The van der Waals surface area contributed by atoms with Gasteiger partial charge in [0.2, 0.25) is 0 Å². The smallest absolute Gasteiger partial charge is 0.0700 e. The highest BCUT2D eigenvalue weighted by Gasteiger charge is 1.90. The molecule has 0 saturated heterocycles. The van der Waals surface area contributed by atoms with Crippen LogP contribution >= 0.6 is 12.6 Å². The average molecular weight is 220 g/mol. The number of hydrogen-bond donors (Lipinski definition) is 1. The largest absolute Gasteiger partial charge is 0.379 e. The molecule has 3 heteroatoms. The molecule has 0 amide bonds. The fraction of sp³-hybridized carbons (Fsp3) is 1.00. The Bertz CT molecular complexity index is 87.3. The van der Waals surface area contributed by atoms with E-state index >= 15 is 0 Å². The summed E-state index contributed by atoms with van der Waals surface area (Å²) in [5, 5.41) is 0. The predicted molar refractivity (Wildman–Crippen MR) is 64.3 cm³/mol.